The van der Waals surface area contributed by atoms with Gasteiger partial charge in [-0.25, -0.2) is 20.1 Å². The van der Waals surface area contributed by atoms with Gasteiger partial charge >= 0.3 is 0 Å². The van der Waals surface area contributed by atoms with Crippen molar-refractivity contribution in [1.29, 1.82) is 0 Å². The van der Waals surface area contributed by atoms with Gasteiger partial charge in [-0.1, -0.05) is 6.58 Å². The topological polar surface area (TPSA) is 127 Å². The smallest absolute Gasteiger partial charge is 0.118 e. The Labute approximate surface area is 250 Å². The molecular formula is C27H63N5O9. The first kappa shape index (κ1) is 44.6. The van der Waals surface area contributed by atoms with Crippen LogP contribution in [-0.2, 0) is 33.4 Å². The summed E-state index contributed by atoms with van der Waals surface area (Å²) in [5.41, 5.74) is 0. The minimum Gasteiger partial charge on any atom is -0.463 e. The predicted octanol–water partition coefficient (Wildman–Crippen LogP) is -5.08. The Morgan fingerprint density at radius 3 is 1.56 bits per heavy atom. The molecule has 0 amide bonds. The molecule has 0 spiro atoms. The maximum atomic E-state index is 8.78. The average molecular weight is 602 g/mol. The van der Waals surface area contributed by atoms with Crippen molar-refractivity contribution in [3.63, 3.8) is 0 Å². The highest BCUT2D eigenvalue weighted by Gasteiger charge is 2.20. The van der Waals surface area contributed by atoms with Gasteiger partial charge in [0.2, 0.25) is 0 Å². The molecule has 0 radical (unpaired) electrons. The standard InChI is InChI=1S/C7H15NO.C6H13NO2.C5H11NO2.C5H13NO2.C4H11NO2/c1-4-5-8(2)6-7-9-3;1-7(8-2)6-3-4-9-5-6;1-6(7)5-2-3-8-4-5;1-6(8-3)4-5-7-2;1-5(6)3-4-7-2/h4,8H,1-2,5-7H2,3H3;6-7H,1,3-5H2,2H3;5-7H,1-4H2;6H,1,4-5H2,2-3H3;5-6H,1,3-4H2,2H3. The van der Waals surface area contributed by atoms with Gasteiger partial charge in [-0.3, -0.25) is 0 Å². The fraction of sp³-hybridized carbons (Fsp3) is 0.741. The molecule has 0 bridgehead atoms. The van der Waals surface area contributed by atoms with E-state index in [1.54, 1.807) is 35.5 Å². The maximum absolute atomic E-state index is 8.78. The van der Waals surface area contributed by atoms with E-state index in [0.717, 1.165) is 69.0 Å². The number of hydroxylamine groups is 8. The van der Waals surface area contributed by atoms with Gasteiger partial charge in [0, 0.05) is 34.2 Å². The van der Waals surface area contributed by atoms with Gasteiger partial charge in [0.25, 0.3) is 0 Å². The van der Waals surface area contributed by atoms with Gasteiger partial charge in [0.05, 0.1) is 73.6 Å². The van der Waals surface area contributed by atoms with Crippen LogP contribution in [0, 0.1) is 35.2 Å². The highest BCUT2D eigenvalue weighted by molar-refractivity contribution is 4.62. The first-order chi connectivity index (χ1) is 19.5. The highest BCUT2D eigenvalue weighted by Crippen LogP contribution is 1.99. The number of nitrogens with one attached hydrogen (secondary N) is 5. The Morgan fingerprint density at radius 2 is 1.24 bits per heavy atom. The Kier molecular flexibility index (Phi) is 36.7. The van der Waals surface area contributed by atoms with Crippen LogP contribution in [0.25, 0.3) is 0 Å². The van der Waals surface area contributed by atoms with Gasteiger partial charge in [-0.05, 0) is 6.08 Å². The van der Waals surface area contributed by atoms with E-state index in [0.29, 0.717) is 32.4 Å². The third kappa shape index (κ3) is 33.5. The zero-order chi connectivity index (χ0) is 31.9. The Morgan fingerprint density at radius 1 is 0.756 bits per heavy atom. The van der Waals surface area contributed by atoms with Crippen LogP contribution in [0.1, 0.15) is 12.8 Å². The van der Waals surface area contributed by atoms with E-state index in [2.05, 4.69) is 46.6 Å². The first-order valence-corrected chi connectivity index (χ1v) is 13.6. The van der Waals surface area contributed by atoms with E-state index in [1.165, 1.54) is 4.90 Å². The minimum absolute atomic E-state index is 0.182. The zero-order valence-corrected chi connectivity index (χ0v) is 26.4. The number of ether oxygens (including phenoxy) is 5. The zero-order valence-electron chi connectivity index (χ0n) is 26.4. The summed E-state index contributed by atoms with van der Waals surface area (Å²) in [6.07, 6.45) is 3.85. The summed E-state index contributed by atoms with van der Waals surface area (Å²) in [5, 5.41) is 19.3. The summed E-state index contributed by atoms with van der Waals surface area (Å²) in [7, 11) is 26.1. The second kappa shape index (κ2) is 33.7. The van der Waals surface area contributed by atoms with E-state index in [1.807, 2.05) is 6.08 Å². The Hall–Kier alpha value is -0.820. The van der Waals surface area contributed by atoms with Crippen molar-refractivity contribution >= 4 is 0 Å². The van der Waals surface area contributed by atoms with Crippen molar-refractivity contribution in [1.82, 2.24) is 0 Å². The summed E-state index contributed by atoms with van der Waals surface area (Å²) in [6.45, 7) is 11.8. The average Bonchev–Trinajstić information content (AvgIpc) is 3.70. The van der Waals surface area contributed by atoms with E-state index in [-0.39, 0.29) is 16.2 Å². The molecule has 7 N–H and O–H groups in total. The third-order valence-corrected chi connectivity index (χ3v) is 5.61. The summed E-state index contributed by atoms with van der Waals surface area (Å²) < 4.78 is 24.4. The second-order valence-corrected chi connectivity index (χ2v) is 9.06. The van der Waals surface area contributed by atoms with Crippen LogP contribution >= 0.6 is 0 Å². The van der Waals surface area contributed by atoms with Gasteiger partial charge in [0.1, 0.15) is 25.2 Å². The molecule has 0 aliphatic carbocycles. The molecule has 2 saturated heterocycles. The molecule has 14 heteroatoms. The molecular weight excluding hydrogens is 538 g/mol. The summed E-state index contributed by atoms with van der Waals surface area (Å²) in [5.74, 6) is 0. The Balaban J connectivity index is -0.000000442. The van der Waals surface area contributed by atoms with Crippen LogP contribution < -0.4 is 25.2 Å². The number of rotatable bonds is 15. The van der Waals surface area contributed by atoms with Gasteiger partial charge < -0.3 is 48.8 Å². The molecule has 7 atom stereocenters. The van der Waals surface area contributed by atoms with Gasteiger partial charge in [-0.2, -0.15) is 7.05 Å². The van der Waals surface area contributed by atoms with E-state index < -0.39 is 0 Å². The molecule has 2 aliphatic rings. The van der Waals surface area contributed by atoms with E-state index in [4.69, 9.17) is 39.0 Å². The molecule has 0 saturated carbocycles. The number of methoxy groups -OCH3 is 3. The Bertz CT molecular complexity index is 514. The highest BCUT2D eigenvalue weighted by atomic mass is 16.7. The second-order valence-electron chi connectivity index (χ2n) is 9.06. The lowest BCUT2D eigenvalue weighted by atomic mass is 10.3. The number of hydrogen-bond acceptors (Lipinski definition) is 9. The molecule has 14 nitrogen and oxygen atoms in total. The SMILES string of the molecule is C=CC[NH+]([CH2-])CCOC.[CH2-][NH+](CCOC)OC.[CH2-][NH+](O)C1CCOC1.[CH2-][NH+](O)CCOC.[CH2-][NH+](OC)C1CCOC1. The van der Waals surface area contributed by atoms with Crippen molar-refractivity contribution in [2.75, 3.05) is 108 Å². The van der Waals surface area contributed by atoms with Crippen LogP contribution in [-0.4, -0.2) is 130 Å². The largest absolute Gasteiger partial charge is 0.463 e. The van der Waals surface area contributed by atoms with Crippen LogP contribution in [0.15, 0.2) is 12.7 Å². The predicted molar refractivity (Wildman–Crippen MR) is 153 cm³/mol. The monoisotopic (exact) mass is 601 g/mol. The molecule has 2 rings (SSSR count). The van der Waals surface area contributed by atoms with Crippen molar-refractivity contribution in [3.05, 3.63) is 47.9 Å². The lowest BCUT2D eigenvalue weighted by Crippen LogP contribution is -3.10. The van der Waals surface area contributed by atoms with Crippen molar-refractivity contribution in [3.8, 4) is 0 Å². The molecule has 0 aromatic rings. The molecule has 0 aromatic heterocycles. The minimum atomic E-state index is 0.182. The van der Waals surface area contributed by atoms with Crippen LogP contribution in [0.2, 0.25) is 0 Å². The van der Waals surface area contributed by atoms with Crippen molar-refractivity contribution < 1.29 is 68.9 Å². The van der Waals surface area contributed by atoms with Crippen LogP contribution in [0.4, 0.5) is 0 Å². The summed E-state index contributed by atoms with van der Waals surface area (Å²) in [4.78, 5) is 10.9. The molecule has 0 aromatic carbocycles. The van der Waals surface area contributed by atoms with Gasteiger partial charge in [-0.15, -0.1) is 28.2 Å². The summed E-state index contributed by atoms with van der Waals surface area (Å²) in [6, 6.07) is 0.644. The van der Waals surface area contributed by atoms with E-state index in [9.17, 15) is 0 Å². The number of hydrogen-bond donors (Lipinski definition) is 7. The molecule has 250 valence electrons. The summed E-state index contributed by atoms with van der Waals surface area (Å²) >= 11 is 0. The lowest BCUT2D eigenvalue weighted by Gasteiger charge is -2.21. The molecule has 2 fully saturated rings. The molecule has 2 aliphatic heterocycles. The normalized spacial score (nSPS) is 21.2. The van der Waals surface area contributed by atoms with E-state index >= 15 is 0 Å². The lowest BCUT2D eigenvalue weighted by molar-refractivity contribution is -1.07. The first-order valence-electron chi connectivity index (χ1n) is 13.6. The van der Waals surface area contributed by atoms with Gasteiger partial charge in [0.15, 0.2) is 0 Å². The third-order valence-electron chi connectivity index (χ3n) is 5.61. The number of quaternary nitrogens is 5. The quantitative estimate of drug-likeness (QED) is 0.0561. The van der Waals surface area contributed by atoms with Crippen LogP contribution in [0.3, 0.4) is 0 Å². The molecule has 7 unspecified atom stereocenters. The van der Waals surface area contributed by atoms with Crippen LogP contribution in [0.5, 0.6) is 0 Å². The molecule has 41 heavy (non-hydrogen) atoms. The fourth-order valence-electron chi connectivity index (χ4n) is 2.84. The van der Waals surface area contributed by atoms with Crippen molar-refractivity contribution in [2.24, 2.45) is 0 Å². The molecule has 2 heterocycles. The van der Waals surface area contributed by atoms with Crippen molar-refractivity contribution in [2.45, 2.75) is 24.9 Å². The fourth-order valence-corrected chi connectivity index (χ4v) is 2.84. The maximum Gasteiger partial charge on any atom is 0.118 e.